The van der Waals surface area contributed by atoms with Gasteiger partial charge in [0, 0.05) is 13.1 Å². The lowest BCUT2D eigenvalue weighted by atomic mass is 10.00. The van der Waals surface area contributed by atoms with Crippen molar-refractivity contribution in [3.63, 3.8) is 0 Å². The average Bonchev–Trinajstić information content (AvgIpc) is 2.33. The summed E-state index contributed by atoms with van der Waals surface area (Å²) in [6.07, 6.45) is 5.24. The molecule has 0 spiro atoms. The highest BCUT2D eigenvalue weighted by Crippen LogP contribution is 2.16. The van der Waals surface area contributed by atoms with Crippen molar-refractivity contribution in [1.82, 2.24) is 14.9 Å². The molecule has 2 heterocycles. The largest absolute Gasteiger partial charge is 0.324 e. The van der Waals surface area contributed by atoms with Crippen LogP contribution in [0.5, 0.6) is 0 Å². The molecule has 5 nitrogen and oxygen atoms in total. The second kappa shape index (κ2) is 5.44. The van der Waals surface area contributed by atoms with E-state index in [1.54, 1.807) is 6.20 Å². The van der Waals surface area contributed by atoms with Crippen LogP contribution in [-0.2, 0) is 0 Å². The molecule has 0 aromatic carbocycles. The molecule has 2 rings (SSSR count). The van der Waals surface area contributed by atoms with E-state index in [4.69, 9.17) is 0 Å². The zero-order chi connectivity index (χ0) is 12.3. The number of nitrogens with one attached hydrogen (secondary N) is 1. The number of carbonyl (C=O) groups excluding carboxylic acids is 1. The van der Waals surface area contributed by atoms with Gasteiger partial charge in [-0.05, 0) is 34.7 Å². The van der Waals surface area contributed by atoms with Gasteiger partial charge in [-0.3, -0.25) is 5.32 Å². The van der Waals surface area contributed by atoms with Crippen LogP contribution in [0.3, 0.4) is 0 Å². The number of carbonyl (C=O) groups is 1. The first-order chi connectivity index (χ1) is 8.15. The molecule has 0 saturated carbocycles. The van der Waals surface area contributed by atoms with E-state index in [1.807, 2.05) is 4.90 Å². The van der Waals surface area contributed by atoms with Gasteiger partial charge in [-0.2, -0.15) is 0 Å². The van der Waals surface area contributed by atoms with Crippen molar-refractivity contribution in [3.8, 4) is 0 Å². The number of halogens is 1. The maximum atomic E-state index is 11.9. The third-order valence-electron chi connectivity index (χ3n) is 2.93. The lowest BCUT2D eigenvalue weighted by Gasteiger charge is -2.30. The van der Waals surface area contributed by atoms with E-state index in [-0.39, 0.29) is 6.03 Å². The minimum absolute atomic E-state index is 0.0893. The fourth-order valence-electron chi connectivity index (χ4n) is 1.78. The quantitative estimate of drug-likeness (QED) is 0.867. The van der Waals surface area contributed by atoms with Crippen molar-refractivity contribution in [1.29, 1.82) is 0 Å². The molecule has 1 N–H and O–H groups in total. The second-order valence-electron chi connectivity index (χ2n) is 4.32. The predicted octanol–water partition coefficient (Wildman–Crippen LogP) is 2.50. The first-order valence-corrected chi connectivity index (χ1v) is 6.48. The highest BCUT2D eigenvalue weighted by Gasteiger charge is 2.20. The van der Waals surface area contributed by atoms with Gasteiger partial charge in [0.05, 0.1) is 12.4 Å². The van der Waals surface area contributed by atoms with Crippen molar-refractivity contribution >= 4 is 27.8 Å². The summed E-state index contributed by atoms with van der Waals surface area (Å²) in [5.74, 6) is 1.20. The third-order valence-corrected chi connectivity index (χ3v) is 3.34. The van der Waals surface area contributed by atoms with Gasteiger partial charge in [0.1, 0.15) is 4.60 Å². The monoisotopic (exact) mass is 298 g/mol. The molecular formula is C11H15BrN4O. The Labute approximate surface area is 109 Å². The van der Waals surface area contributed by atoms with Crippen LogP contribution in [0.1, 0.15) is 19.8 Å². The summed E-state index contributed by atoms with van der Waals surface area (Å²) in [6, 6.07) is -0.0893. The number of rotatable bonds is 1. The first-order valence-electron chi connectivity index (χ1n) is 5.68. The summed E-state index contributed by atoms with van der Waals surface area (Å²) in [4.78, 5) is 21.8. The Kier molecular flexibility index (Phi) is 3.93. The molecule has 6 heteroatoms. The Balaban J connectivity index is 1.90. The predicted molar refractivity (Wildman–Crippen MR) is 68.7 cm³/mol. The number of anilines is 1. The van der Waals surface area contributed by atoms with E-state index < -0.39 is 0 Å². The Bertz CT molecular complexity index is 387. The van der Waals surface area contributed by atoms with E-state index in [0.717, 1.165) is 25.9 Å². The maximum Gasteiger partial charge on any atom is 0.323 e. The highest BCUT2D eigenvalue weighted by molar-refractivity contribution is 9.10. The van der Waals surface area contributed by atoms with E-state index in [9.17, 15) is 4.79 Å². The van der Waals surface area contributed by atoms with Crippen LogP contribution in [0.4, 0.5) is 10.6 Å². The lowest BCUT2D eigenvalue weighted by molar-refractivity contribution is 0.186. The van der Waals surface area contributed by atoms with Gasteiger partial charge in [-0.15, -0.1) is 0 Å². The minimum Gasteiger partial charge on any atom is -0.324 e. The fraction of sp³-hybridized carbons (Fsp3) is 0.545. The standard InChI is InChI=1S/C11H15BrN4O/c1-8-2-4-16(5-3-8)11(17)15-10-7-13-9(12)6-14-10/h6-8H,2-5H2,1H3,(H,14,15,17). The number of aromatic nitrogens is 2. The summed E-state index contributed by atoms with van der Waals surface area (Å²) in [5, 5.41) is 2.75. The second-order valence-corrected chi connectivity index (χ2v) is 5.14. The summed E-state index contributed by atoms with van der Waals surface area (Å²) < 4.78 is 0.655. The Morgan fingerprint density at radius 3 is 2.71 bits per heavy atom. The molecule has 0 aliphatic carbocycles. The fourth-order valence-corrected chi connectivity index (χ4v) is 1.98. The molecule has 17 heavy (non-hydrogen) atoms. The van der Waals surface area contributed by atoms with Crippen LogP contribution in [0, 0.1) is 5.92 Å². The van der Waals surface area contributed by atoms with Crippen LogP contribution in [-0.4, -0.2) is 34.0 Å². The molecule has 0 bridgehead atoms. The van der Waals surface area contributed by atoms with Gasteiger partial charge < -0.3 is 4.90 Å². The van der Waals surface area contributed by atoms with Gasteiger partial charge in [0.2, 0.25) is 0 Å². The van der Waals surface area contributed by atoms with E-state index in [2.05, 4.69) is 38.1 Å². The molecule has 1 aromatic rings. The molecule has 0 unspecified atom stereocenters. The SMILES string of the molecule is CC1CCN(C(=O)Nc2cnc(Br)cn2)CC1. The van der Waals surface area contributed by atoms with Crippen molar-refractivity contribution in [3.05, 3.63) is 17.0 Å². The number of likely N-dealkylation sites (tertiary alicyclic amines) is 1. The van der Waals surface area contributed by atoms with Crippen molar-refractivity contribution < 1.29 is 4.79 Å². The van der Waals surface area contributed by atoms with Gasteiger partial charge in [0.15, 0.2) is 5.82 Å². The molecule has 92 valence electrons. The molecular weight excluding hydrogens is 284 g/mol. The van der Waals surface area contributed by atoms with E-state index >= 15 is 0 Å². The van der Waals surface area contributed by atoms with Crippen LogP contribution in [0.2, 0.25) is 0 Å². The van der Waals surface area contributed by atoms with Gasteiger partial charge in [0.25, 0.3) is 0 Å². The number of nitrogens with zero attached hydrogens (tertiary/aromatic N) is 3. The van der Waals surface area contributed by atoms with Crippen LogP contribution in [0.25, 0.3) is 0 Å². The molecule has 2 amide bonds. The number of piperidine rings is 1. The summed E-state index contributed by atoms with van der Waals surface area (Å²) in [6.45, 7) is 3.85. The molecule has 1 aliphatic rings. The van der Waals surface area contributed by atoms with Crippen LogP contribution < -0.4 is 5.32 Å². The number of hydrogen-bond donors (Lipinski definition) is 1. The molecule has 0 atom stereocenters. The molecule has 1 aromatic heterocycles. The molecule has 0 radical (unpaired) electrons. The molecule has 1 fully saturated rings. The summed E-state index contributed by atoms with van der Waals surface area (Å²) in [5.41, 5.74) is 0. The Morgan fingerprint density at radius 1 is 1.41 bits per heavy atom. The smallest absolute Gasteiger partial charge is 0.323 e. The molecule has 1 saturated heterocycles. The van der Waals surface area contributed by atoms with Crippen LogP contribution in [0.15, 0.2) is 17.0 Å². The minimum atomic E-state index is -0.0893. The van der Waals surface area contributed by atoms with Gasteiger partial charge in [-0.25, -0.2) is 14.8 Å². The topological polar surface area (TPSA) is 58.1 Å². The number of hydrogen-bond acceptors (Lipinski definition) is 3. The normalized spacial score (nSPS) is 16.9. The number of amides is 2. The van der Waals surface area contributed by atoms with E-state index in [0.29, 0.717) is 16.3 Å². The van der Waals surface area contributed by atoms with Crippen LogP contribution >= 0.6 is 15.9 Å². The van der Waals surface area contributed by atoms with Crippen molar-refractivity contribution in [2.45, 2.75) is 19.8 Å². The van der Waals surface area contributed by atoms with Gasteiger partial charge in [-0.1, -0.05) is 6.92 Å². The lowest BCUT2D eigenvalue weighted by Crippen LogP contribution is -2.40. The highest BCUT2D eigenvalue weighted by atomic mass is 79.9. The summed E-state index contributed by atoms with van der Waals surface area (Å²) in [7, 11) is 0. The summed E-state index contributed by atoms with van der Waals surface area (Å²) >= 11 is 3.20. The Hall–Kier alpha value is -1.17. The average molecular weight is 299 g/mol. The van der Waals surface area contributed by atoms with E-state index in [1.165, 1.54) is 6.20 Å². The maximum absolute atomic E-state index is 11.9. The molecule has 1 aliphatic heterocycles. The van der Waals surface area contributed by atoms with Crippen molar-refractivity contribution in [2.75, 3.05) is 18.4 Å². The zero-order valence-electron chi connectivity index (χ0n) is 9.69. The zero-order valence-corrected chi connectivity index (χ0v) is 11.3. The third kappa shape index (κ3) is 3.39. The number of urea groups is 1. The Morgan fingerprint density at radius 2 is 2.12 bits per heavy atom. The van der Waals surface area contributed by atoms with Crippen molar-refractivity contribution in [2.24, 2.45) is 5.92 Å². The first kappa shape index (κ1) is 12.3. The van der Waals surface area contributed by atoms with Gasteiger partial charge >= 0.3 is 6.03 Å².